The van der Waals surface area contributed by atoms with Crippen molar-refractivity contribution in [2.45, 2.75) is 6.92 Å². The van der Waals surface area contributed by atoms with Gasteiger partial charge in [-0.3, -0.25) is 14.9 Å². The minimum atomic E-state index is -1.11. The third-order valence-electron chi connectivity index (χ3n) is 1.75. The van der Waals surface area contributed by atoms with E-state index in [1.807, 2.05) is 0 Å². The van der Waals surface area contributed by atoms with Crippen molar-refractivity contribution >= 4 is 23.1 Å². The molecule has 86 valence electrons. The molecule has 8 heteroatoms. The summed E-state index contributed by atoms with van der Waals surface area (Å²) in [5.41, 5.74) is -0.820. The Morgan fingerprint density at radius 1 is 1.47 bits per heavy atom. The molecule has 1 rings (SSSR count). The number of carbonyl (C=O) groups is 2. The first-order valence-electron chi connectivity index (χ1n) is 4.32. The highest BCUT2D eigenvalue weighted by Gasteiger charge is 2.26. The molecule has 17 heavy (non-hydrogen) atoms. The number of diazo groups is 1. The van der Waals surface area contributed by atoms with Crippen LogP contribution in [0.3, 0.4) is 0 Å². The number of rotatable bonds is 3. The van der Waals surface area contributed by atoms with E-state index >= 15 is 0 Å². The monoisotopic (exact) mass is 236 g/mol. The number of esters is 1. The van der Waals surface area contributed by atoms with Crippen molar-refractivity contribution in [2.75, 3.05) is 0 Å². The van der Waals surface area contributed by atoms with Gasteiger partial charge in [-0.25, -0.2) is 4.79 Å². The predicted molar refractivity (Wildman–Crippen MR) is 54.2 cm³/mol. The molecule has 0 fully saturated rings. The van der Waals surface area contributed by atoms with Crippen LogP contribution in [0.4, 0.5) is 11.4 Å². The van der Waals surface area contributed by atoms with Gasteiger partial charge in [0.25, 0.3) is 0 Å². The number of nitro benzene ring substituents is 1. The molecule has 0 amide bonds. The highest BCUT2D eigenvalue weighted by atomic mass is 16.6. The van der Waals surface area contributed by atoms with Crippen LogP contribution in [0, 0.1) is 15.5 Å². The highest BCUT2D eigenvalue weighted by molar-refractivity contribution is 6.33. The number of ether oxygens (including phenoxy) is 1. The Kier molecular flexibility index (Phi) is 3.46. The number of benzene rings is 1. The molecule has 0 heterocycles. The van der Waals surface area contributed by atoms with Crippen LogP contribution in [0.25, 0.3) is 4.98 Å². The summed E-state index contributed by atoms with van der Waals surface area (Å²) in [7, 11) is 0. The van der Waals surface area contributed by atoms with Crippen molar-refractivity contribution in [1.29, 1.82) is 5.39 Å². The third kappa shape index (κ3) is 2.82. The quantitative estimate of drug-likeness (QED) is 0.196. The van der Waals surface area contributed by atoms with Crippen molar-refractivity contribution in [3.8, 4) is 5.75 Å². The van der Waals surface area contributed by atoms with E-state index in [-0.39, 0.29) is 11.4 Å². The van der Waals surface area contributed by atoms with Crippen LogP contribution >= 0.6 is 0 Å². The molecule has 1 aromatic rings. The fourth-order valence-corrected chi connectivity index (χ4v) is 0.980. The number of nitro groups is 1. The highest BCUT2D eigenvalue weighted by Crippen LogP contribution is 2.31. The minimum absolute atomic E-state index is 0.122. The number of hydrogen-bond donors (Lipinski definition) is 0. The maximum absolute atomic E-state index is 10.9. The Balaban J connectivity index is 3.07. The van der Waals surface area contributed by atoms with Crippen LogP contribution in [0.5, 0.6) is 5.75 Å². The first kappa shape index (κ1) is 12.3. The van der Waals surface area contributed by atoms with Gasteiger partial charge in [0, 0.05) is 13.0 Å². The van der Waals surface area contributed by atoms with E-state index in [1.54, 1.807) is 0 Å². The van der Waals surface area contributed by atoms with Crippen molar-refractivity contribution < 1.29 is 19.2 Å². The predicted octanol–water partition coefficient (Wildman–Crippen LogP) is 1.57. The van der Waals surface area contributed by atoms with E-state index < -0.39 is 22.4 Å². The Morgan fingerprint density at radius 3 is 2.59 bits per heavy atom. The van der Waals surface area contributed by atoms with Gasteiger partial charge in [0.05, 0.1) is 11.0 Å². The molecular weight excluding hydrogens is 230 g/mol. The minimum Gasteiger partial charge on any atom is -0.420 e. The maximum atomic E-state index is 10.9. The van der Waals surface area contributed by atoms with Crippen molar-refractivity contribution in [3.05, 3.63) is 33.3 Å². The van der Waals surface area contributed by atoms with E-state index in [1.165, 1.54) is 0 Å². The summed E-state index contributed by atoms with van der Waals surface area (Å²) in [5, 5.41) is 19.0. The average Bonchev–Trinajstić information content (AvgIpc) is 2.28. The summed E-state index contributed by atoms with van der Waals surface area (Å²) < 4.78 is 4.57. The number of hydrogen-bond acceptors (Lipinski definition) is 6. The molecule has 0 aromatic heterocycles. The Morgan fingerprint density at radius 2 is 2.12 bits per heavy atom. The molecule has 0 spiro atoms. The van der Waals surface area contributed by atoms with Crippen LogP contribution in [0.2, 0.25) is 0 Å². The van der Waals surface area contributed by atoms with E-state index in [0.717, 1.165) is 25.1 Å². The number of Topliss-reactive ketones (excluding diaryl/α,β-unsaturated/α-hetero) is 1. The van der Waals surface area contributed by atoms with Crippen LogP contribution in [0.1, 0.15) is 6.92 Å². The zero-order chi connectivity index (χ0) is 13.0. The lowest BCUT2D eigenvalue weighted by atomic mass is 10.2. The van der Waals surface area contributed by atoms with Gasteiger partial charge in [0.15, 0.2) is 4.98 Å². The zero-order valence-corrected chi connectivity index (χ0v) is 8.61. The molecule has 0 bridgehead atoms. The molecule has 0 aliphatic carbocycles. The smallest absolute Gasteiger partial charge is 0.420 e. The van der Waals surface area contributed by atoms with E-state index in [2.05, 4.69) is 9.71 Å². The van der Waals surface area contributed by atoms with Gasteiger partial charge < -0.3 is 4.74 Å². The second kappa shape index (κ2) is 4.80. The Labute approximate surface area is 94.6 Å². The summed E-state index contributed by atoms with van der Waals surface area (Å²) in [6, 6.07) is 3.09. The van der Waals surface area contributed by atoms with Gasteiger partial charge in [0.1, 0.15) is 5.75 Å². The van der Waals surface area contributed by atoms with E-state index in [0.29, 0.717) is 0 Å². The van der Waals surface area contributed by atoms with Crippen molar-refractivity contribution in [3.63, 3.8) is 0 Å². The molecule has 0 atom stereocenters. The summed E-state index contributed by atoms with van der Waals surface area (Å²) in [6.45, 7) is 1.02. The molecule has 1 aromatic carbocycles. The number of carbonyl (C=O) groups excluding carboxylic acids is 2. The van der Waals surface area contributed by atoms with Crippen LogP contribution in [-0.2, 0) is 9.59 Å². The van der Waals surface area contributed by atoms with Crippen molar-refractivity contribution in [1.82, 2.24) is 0 Å². The molecule has 0 saturated heterocycles. The fourth-order valence-electron chi connectivity index (χ4n) is 0.980. The fraction of sp³-hybridized carbons (Fsp3) is 0.111. The molecular formula is C9H6N3O5+. The molecule has 0 N–H and O–H groups in total. The number of nitrogens with zero attached hydrogens (tertiary/aromatic N) is 3. The lowest BCUT2D eigenvalue weighted by Gasteiger charge is -1.99. The SMILES string of the molecule is CC(=O)C(=O)Oc1ccc([N+](=O)[O-])c([N+]#N)c1. The summed E-state index contributed by atoms with van der Waals surface area (Å²) >= 11 is 0. The average molecular weight is 236 g/mol. The normalized spacial score (nSPS) is 9.18. The summed E-state index contributed by atoms with van der Waals surface area (Å²) in [4.78, 5) is 34.0. The topological polar surface area (TPSA) is 115 Å². The van der Waals surface area contributed by atoms with Crippen LogP contribution in [-0.4, -0.2) is 16.7 Å². The third-order valence-corrected chi connectivity index (χ3v) is 1.75. The van der Waals surface area contributed by atoms with E-state index in [4.69, 9.17) is 5.39 Å². The zero-order valence-electron chi connectivity index (χ0n) is 8.61. The number of ketones is 1. The Hall–Kier alpha value is -2.82. The van der Waals surface area contributed by atoms with Gasteiger partial charge in [-0.15, -0.1) is 0 Å². The lowest BCUT2D eigenvalue weighted by Crippen LogP contribution is -2.16. The van der Waals surface area contributed by atoms with Gasteiger partial charge >= 0.3 is 17.3 Å². The van der Waals surface area contributed by atoms with Crippen molar-refractivity contribution in [2.24, 2.45) is 0 Å². The van der Waals surface area contributed by atoms with Gasteiger partial charge in [-0.2, -0.15) is 0 Å². The van der Waals surface area contributed by atoms with Gasteiger partial charge in [-0.1, -0.05) is 0 Å². The molecule has 0 aliphatic rings. The second-order valence-corrected chi connectivity index (χ2v) is 2.95. The second-order valence-electron chi connectivity index (χ2n) is 2.95. The molecule has 0 radical (unpaired) electrons. The first-order chi connectivity index (χ1) is 7.95. The van der Waals surface area contributed by atoms with Gasteiger partial charge in [-0.05, 0) is 6.07 Å². The van der Waals surface area contributed by atoms with Crippen LogP contribution < -0.4 is 4.74 Å². The van der Waals surface area contributed by atoms with Gasteiger partial charge in [0.2, 0.25) is 11.2 Å². The Bertz CT molecular complexity index is 546. The molecule has 0 aliphatic heterocycles. The largest absolute Gasteiger partial charge is 0.464 e. The van der Waals surface area contributed by atoms with E-state index in [9.17, 15) is 19.7 Å². The maximum Gasteiger partial charge on any atom is 0.464 e. The first-order valence-corrected chi connectivity index (χ1v) is 4.32. The lowest BCUT2D eigenvalue weighted by molar-refractivity contribution is -0.383. The molecule has 8 nitrogen and oxygen atoms in total. The summed E-state index contributed by atoms with van der Waals surface area (Å²) in [6.07, 6.45) is 0. The van der Waals surface area contributed by atoms with Crippen LogP contribution in [0.15, 0.2) is 18.2 Å². The standard InChI is InChI=1S/C9H6N3O5/c1-5(13)9(14)17-6-2-3-8(12(15)16)7(4-6)11-10/h2-4H,1H3/q+1. The molecule has 0 saturated carbocycles. The molecule has 0 unspecified atom stereocenters. The summed E-state index contributed by atoms with van der Waals surface area (Å²) in [5.74, 6) is -2.04.